The number of nitrogens with two attached hydrogens (primary N) is 1. The van der Waals surface area contributed by atoms with Gasteiger partial charge < -0.3 is 5.73 Å². The van der Waals surface area contributed by atoms with Crippen molar-refractivity contribution in [2.75, 3.05) is 5.73 Å². The van der Waals surface area contributed by atoms with Crippen molar-refractivity contribution in [3.63, 3.8) is 0 Å². The minimum atomic E-state index is -0.197. The molecule has 0 saturated carbocycles. The van der Waals surface area contributed by atoms with E-state index in [0.717, 1.165) is 29.9 Å². The molecule has 0 aliphatic rings. The molecule has 2 aromatic carbocycles. The highest BCUT2D eigenvalue weighted by molar-refractivity contribution is 5.46. The first-order valence-corrected chi connectivity index (χ1v) is 6.88. The van der Waals surface area contributed by atoms with Crippen LogP contribution in [0, 0.1) is 5.82 Å². The molecule has 0 atom stereocenters. The maximum Gasteiger partial charge on any atom is 0.123 e. The third kappa shape index (κ3) is 3.81. The number of rotatable bonds is 5. The van der Waals surface area contributed by atoms with Crippen LogP contribution < -0.4 is 5.73 Å². The van der Waals surface area contributed by atoms with E-state index in [1.165, 1.54) is 12.1 Å². The van der Waals surface area contributed by atoms with Crippen molar-refractivity contribution in [3.05, 3.63) is 65.5 Å². The topological polar surface area (TPSA) is 29.3 Å². The second-order valence-electron chi connectivity index (χ2n) is 5.32. The van der Waals surface area contributed by atoms with Gasteiger partial charge in [0.2, 0.25) is 0 Å². The van der Waals surface area contributed by atoms with E-state index in [9.17, 15) is 4.39 Å². The van der Waals surface area contributed by atoms with Gasteiger partial charge in [-0.25, -0.2) is 4.39 Å². The Kier molecular flexibility index (Phi) is 4.74. The van der Waals surface area contributed by atoms with E-state index in [1.807, 2.05) is 30.3 Å². The zero-order valence-electron chi connectivity index (χ0n) is 12.0. The molecule has 2 aromatic rings. The molecular weight excluding hydrogens is 251 g/mol. The third-order valence-corrected chi connectivity index (χ3v) is 3.46. The van der Waals surface area contributed by atoms with Gasteiger partial charge in [0.25, 0.3) is 0 Å². The Morgan fingerprint density at radius 2 is 1.65 bits per heavy atom. The summed E-state index contributed by atoms with van der Waals surface area (Å²) in [5.41, 5.74) is 9.06. The number of benzene rings is 2. The number of halogens is 1. The summed E-state index contributed by atoms with van der Waals surface area (Å²) in [5.74, 6) is -0.197. The Bertz CT molecular complexity index is 549. The average Bonchev–Trinajstić information content (AvgIpc) is 2.42. The number of nitrogens with zero attached hydrogens (tertiary/aromatic N) is 1. The Labute approximate surface area is 120 Å². The molecule has 20 heavy (non-hydrogen) atoms. The molecule has 0 fully saturated rings. The van der Waals surface area contributed by atoms with Gasteiger partial charge in [-0.2, -0.15) is 0 Å². The predicted octanol–water partition coefficient (Wildman–Crippen LogP) is 3.82. The van der Waals surface area contributed by atoms with Crippen LogP contribution in [-0.4, -0.2) is 10.9 Å². The summed E-state index contributed by atoms with van der Waals surface area (Å²) >= 11 is 0. The van der Waals surface area contributed by atoms with Gasteiger partial charge in [0.1, 0.15) is 5.82 Å². The Morgan fingerprint density at radius 3 is 2.25 bits per heavy atom. The van der Waals surface area contributed by atoms with Crippen molar-refractivity contribution in [2.24, 2.45) is 0 Å². The van der Waals surface area contributed by atoms with E-state index in [0.29, 0.717) is 6.04 Å². The van der Waals surface area contributed by atoms with Gasteiger partial charge >= 0.3 is 0 Å². The highest BCUT2D eigenvalue weighted by Crippen LogP contribution is 2.17. The van der Waals surface area contributed by atoms with Crippen molar-refractivity contribution in [2.45, 2.75) is 33.0 Å². The number of para-hydroxylation sites is 1. The molecule has 2 rings (SSSR count). The summed E-state index contributed by atoms with van der Waals surface area (Å²) in [6.45, 7) is 5.89. The highest BCUT2D eigenvalue weighted by atomic mass is 19.1. The van der Waals surface area contributed by atoms with Crippen LogP contribution in [0.4, 0.5) is 10.1 Å². The predicted molar refractivity (Wildman–Crippen MR) is 81.6 cm³/mol. The van der Waals surface area contributed by atoms with Crippen molar-refractivity contribution in [1.29, 1.82) is 0 Å². The van der Waals surface area contributed by atoms with Gasteiger partial charge in [0.15, 0.2) is 0 Å². The molecule has 0 aliphatic heterocycles. The van der Waals surface area contributed by atoms with Crippen molar-refractivity contribution in [1.82, 2.24) is 4.90 Å². The Morgan fingerprint density at radius 1 is 1.00 bits per heavy atom. The van der Waals surface area contributed by atoms with E-state index in [4.69, 9.17) is 5.73 Å². The molecule has 0 aromatic heterocycles. The minimum Gasteiger partial charge on any atom is -0.398 e. The number of hydrogen-bond acceptors (Lipinski definition) is 2. The van der Waals surface area contributed by atoms with Crippen LogP contribution in [0.5, 0.6) is 0 Å². The van der Waals surface area contributed by atoms with E-state index >= 15 is 0 Å². The zero-order valence-corrected chi connectivity index (χ0v) is 12.0. The maximum atomic E-state index is 13.0. The van der Waals surface area contributed by atoms with Crippen LogP contribution in [0.3, 0.4) is 0 Å². The molecule has 0 spiro atoms. The molecule has 0 amide bonds. The summed E-state index contributed by atoms with van der Waals surface area (Å²) in [5, 5.41) is 0. The summed E-state index contributed by atoms with van der Waals surface area (Å²) in [4.78, 5) is 2.32. The number of hydrogen-bond donors (Lipinski definition) is 1. The van der Waals surface area contributed by atoms with Gasteiger partial charge in [-0.3, -0.25) is 4.90 Å². The van der Waals surface area contributed by atoms with Gasteiger partial charge in [0, 0.05) is 24.8 Å². The fourth-order valence-corrected chi connectivity index (χ4v) is 2.14. The van der Waals surface area contributed by atoms with Crippen LogP contribution in [-0.2, 0) is 13.1 Å². The van der Waals surface area contributed by atoms with E-state index in [2.05, 4.69) is 24.8 Å². The van der Waals surface area contributed by atoms with E-state index < -0.39 is 0 Å². The van der Waals surface area contributed by atoms with E-state index in [1.54, 1.807) is 0 Å². The van der Waals surface area contributed by atoms with Crippen LogP contribution in [0.1, 0.15) is 25.0 Å². The van der Waals surface area contributed by atoms with Crippen LogP contribution in [0.25, 0.3) is 0 Å². The fraction of sp³-hybridized carbons (Fsp3) is 0.294. The molecule has 0 aliphatic carbocycles. The van der Waals surface area contributed by atoms with Crippen LogP contribution in [0.15, 0.2) is 48.5 Å². The van der Waals surface area contributed by atoms with Crippen molar-refractivity contribution < 1.29 is 4.39 Å². The second kappa shape index (κ2) is 6.53. The standard InChI is InChI=1S/C17H21FN2/c1-13(2)20(11-14-7-9-16(18)10-8-14)12-15-5-3-4-6-17(15)19/h3-10,13H,11-12,19H2,1-2H3. The zero-order chi connectivity index (χ0) is 14.5. The molecule has 0 unspecified atom stereocenters. The van der Waals surface area contributed by atoms with Crippen molar-refractivity contribution >= 4 is 5.69 Å². The molecular formula is C17H21FN2. The van der Waals surface area contributed by atoms with Gasteiger partial charge in [-0.1, -0.05) is 30.3 Å². The fourth-order valence-electron chi connectivity index (χ4n) is 2.14. The van der Waals surface area contributed by atoms with Crippen LogP contribution >= 0.6 is 0 Å². The summed E-state index contributed by atoms with van der Waals surface area (Å²) < 4.78 is 13.0. The van der Waals surface area contributed by atoms with Gasteiger partial charge in [0.05, 0.1) is 0 Å². The average molecular weight is 272 g/mol. The van der Waals surface area contributed by atoms with Gasteiger partial charge in [-0.05, 0) is 43.2 Å². The lowest BCUT2D eigenvalue weighted by Crippen LogP contribution is -2.30. The lowest BCUT2D eigenvalue weighted by Gasteiger charge is -2.27. The molecule has 3 heteroatoms. The van der Waals surface area contributed by atoms with Gasteiger partial charge in [-0.15, -0.1) is 0 Å². The SMILES string of the molecule is CC(C)N(Cc1ccc(F)cc1)Cc1ccccc1N. The van der Waals surface area contributed by atoms with Crippen molar-refractivity contribution in [3.8, 4) is 0 Å². The normalized spacial score (nSPS) is 11.2. The highest BCUT2D eigenvalue weighted by Gasteiger charge is 2.12. The lowest BCUT2D eigenvalue weighted by atomic mass is 10.1. The molecule has 0 saturated heterocycles. The Hall–Kier alpha value is -1.87. The summed E-state index contributed by atoms with van der Waals surface area (Å²) in [7, 11) is 0. The smallest absolute Gasteiger partial charge is 0.123 e. The first-order valence-electron chi connectivity index (χ1n) is 6.88. The molecule has 2 nitrogen and oxygen atoms in total. The Balaban J connectivity index is 2.11. The first-order chi connectivity index (χ1) is 9.56. The van der Waals surface area contributed by atoms with Crippen LogP contribution in [0.2, 0.25) is 0 Å². The molecule has 0 heterocycles. The van der Waals surface area contributed by atoms with E-state index in [-0.39, 0.29) is 5.82 Å². The largest absolute Gasteiger partial charge is 0.398 e. The first kappa shape index (κ1) is 14.5. The minimum absolute atomic E-state index is 0.197. The number of anilines is 1. The molecule has 106 valence electrons. The quantitative estimate of drug-likeness (QED) is 0.838. The molecule has 0 radical (unpaired) electrons. The summed E-state index contributed by atoms with van der Waals surface area (Å²) in [6.07, 6.45) is 0. The summed E-state index contributed by atoms with van der Waals surface area (Å²) in [6, 6.07) is 15.0. The molecule has 2 N–H and O–H groups in total. The molecule has 0 bridgehead atoms. The monoisotopic (exact) mass is 272 g/mol. The second-order valence-corrected chi connectivity index (χ2v) is 5.32. The number of nitrogen functional groups attached to an aromatic ring is 1. The third-order valence-electron chi connectivity index (χ3n) is 3.46. The lowest BCUT2D eigenvalue weighted by molar-refractivity contribution is 0.204. The maximum absolute atomic E-state index is 13.0.